The number of carbonyl (C=O) groups is 8. The van der Waals surface area contributed by atoms with Crippen LogP contribution in [0.5, 0.6) is 0 Å². The van der Waals surface area contributed by atoms with Gasteiger partial charge in [-0.15, -0.1) is 0 Å². The molecule has 0 aliphatic carbocycles. The van der Waals surface area contributed by atoms with Crippen LogP contribution in [0.4, 0.5) is 0 Å². The summed E-state index contributed by atoms with van der Waals surface area (Å²) in [5, 5.41) is 37.7. The van der Waals surface area contributed by atoms with E-state index in [1.54, 1.807) is 6.20 Å². The Morgan fingerprint density at radius 1 is 0.528 bits per heavy atom. The number of nitrogens with one attached hydrogen (secondary N) is 5. The van der Waals surface area contributed by atoms with Gasteiger partial charge in [0, 0.05) is 63.7 Å². The minimum absolute atomic E-state index is 0.0344. The number of ether oxygens (including phenoxy) is 4. The van der Waals surface area contributed by atoms with E-state index in [0.29, 0.717) is 58.1 Å². The molecule has 0 unspecified atom stereocenters. The highest BCUT2D eigenvalue weighted by Gasteiger charge is 2.21. The van der Waals surface area contributed by atoms with Gasteiger partial charge in [0.15, 0.2) is 0 Å². The summed E-state index contributed by atoms with van der Waals surface area (Å²) in [6, 6.07) is -1.94. The van der Waals surface area contributed by atoms with E-state index in [-0.39, 0.29) is 121 Å². The van der Waals surface area contributed by atoms with E-state index in [1.165, 1.54) is 77.0 Å². The number of carboxylic acid groups (broad SMARTS) is 3. The van der Waals surface area contributed by atoms with Crippen LogP contribution >= 0.6 is 0 Å². The van der Waals surface area contributed by atoms with Crippen molar-refractivity contribution >= 4 is 47.2 Å². The highest BCUT2D eigenvalue weighted by Crippen LogP contribution is 2.13. The molecule has 21 heteroatoms. The maximum absolute atomic E-state index is 12.1. The third-order valence-electron chi connectivity index (χ3n) is 11.2. The first-order chi connectivity index (χ1) is 34.8. The third kappa shape index (κ3) is 45.1. The fourth-order valence-electron chi connectivity index (χ4n) is 7.02. The van der Waals surface area contributed by atoms with Crippen LogP contribution in [0.15, 0.2) is 12.5 Å². The largest absolute Gasteiger partial charge is 0.481 e. The zero-order valence-corrected chi connectivity index (χ0v) is 43.5. The quantitative estimate of drug-likeness (QED) is 0.0375. The van der Waals surface area contributed by atoms with E-state index in [0.717, 1.165) is 18.5 Å². The molecule has 1 aromatic rings. The molecule has 0 spiro atoms. The number of aryl methyl sites for hydroxylation is 1. The Labute approximate surface area is 427 Å². The van der Waals surface area contributed by atoms with Crippen molar-refractivity contribution in [2.24, 2.45) is 0 Å². The summed E-state index contributed by atoms with van der Waals surface area (Å²) in [6.07, 6.45) is 24.2. The molecular formula is C51H90N6O15. The predicted molar refractivity (Wildman–Crippen MR) is 270 cm³/mol. The number of nitrogens with zero attached hydrogens (tertiary/aromatic N) is 1. The van der Waals surface area contributed by atoms with Gasteiger partial charge >= 0.3 is 17.9 Å². The minimum Gasteiger partial charge on any atom is -0.481 e. The van der Waals surface area contributed by atoms with E-state index in [1.807, 2.05) is 6.92 Å². The van der Waals surface area contributed by atoms with Crippen molar-refractivity contribution < 1.29 is 72.6 Å². The molecule has 0 saturated heterocycles. The standard InChI is InChI=1S/C35H58N6O13.C16H32O2/c1-2-6-31(44)41-30(35(49)50)12-11-27(42)7-5-15-51-17-19-53-24-33(46)38-14-16-52-18-20-54-23-32(45)37-13-4-3-8-29(34(47)48)39-22-28(43)10-9-26-21-36-25-40-26;1-2-3-4-5-6-7-8-9-10-11-12-13-14-15-16(17)18/h21,25,29-30,39H,2-20,22-24H2,1H3,(H,36,40)(H,37,45)(H,38,46)(H,41,44)(H,47,48)(H,49,50);2-15H2,1H3,(H,17,18)/t29-,30-;/m0./s1. The first-order valence-electron chi connectivity index (χ1n) is 26.3. The molecule has 1 aromatic heterocycles. The van der Waals surface area contributed by atoms with Crippen molar-refractivity contribution in [3.63, 3.8) is 0 Å². The molecule has 0 aromatic carbocycles. The molecule has 0 bridgehead atoms. The molecule has 3 amide bonds. The van der Waals surface area contributed by atoms with Gasteiger partial charge in [0.25, 0.3) is 0 Å². The second-order valence-corrected chi connectivity index (χ2v) is 17.7. The molecule has 0 radical (unpaired) electrons. The topological polar surface area (TPSA) is 311 Å². The highest BCUT2D eigenvalue weighted by atomic mass is 16.5. The van der Waals surface area contributed by atoms with E-state index in [9.17, 15) is 48.6 Å². The Morgan fingerprint density at radius 3 is 1.65 bits per heavy atom. The van der Waals surface area contributed by atoms with Crippen LogP contribution in [0, 0.1) is 0 Å². The second kappa shape index (κ2) is 48.4. The van der Waals surface area contributed by atoms with Gasteiger partial charge in [-0.2, -0.15) is 0 Å². The van der Waals surface area contributed by atoms with Crippen LogP contribution in [0.2, 0.25) is 0 Å². The lowest BCUT2D eigenvalue weighted by Crippen LogP contribution is -2.40. The van der Waals surface area contributed by atoms with Gasteiger partial charge in [0.2, 0.25) is 17.7 Å². The summed E-state index contributed by atoms with van der Waals surface area (Å²) < 4.78 is 21.3. The summed E-state index contributed by atoms with van der Waals surface area (Å²) >= 11 is 0. The molecule has 0 aliphatic heterocycles. The van der Waals surface area contributed by atoms with Crippen LogP contribution in [0.25, 0.3) is 0 Å². The number of amides is 3. The van der Waals surface area contributed by atoms with Crippen LogP contribution in [0.1, 0.15) is 174 Å². The highest BCUT2D eigenvalue weighted by molar-refractivity contribution is 5.85. The van der Waals surface area contributed by atoms with Gasteiger partial charge < -0.3 is 55.2 Å². The molecule has 8 N–H and O–H groups in total. The molecule has 414 valence electrons. The molecule has 1 heterocycles. The van der Waals surface area contributed by atoms with Crippen LogP contribution in [0.3, 0.4) is 0 Å². The molecule has 0 fully saturated rings. The number of H-pyrrole nitrogens is 1. The Balaban J connectivity index is 0.00000235. The van der Waals surface area contributed by atoms with E-state index in [2.05, 4.69) is 38.2 Å². The Morgan fingerprint density at radius 2 is 1.10 bits per heavy atom. The maximum Gasteiger partial charge on any atom is 0.326 e. The van der Waals surface area contributed by atoms with Crippen molar-refractivity contribution in [2.75, 3.05) is 72.5 Å². The van der Waals surface area contributed by atoms with Gasteiger partial charge in [-0.05, 0) is 51.4 Å². The van der Waals surface area contributed by atoms with Crippen molar-refractivity contribution in [3.8, 4) is 0 Å². The van der Waals surface area contributed by atoms with Crippen molar-refractivity contribution in [1.29, 1.82) is 0 Å². The lowest BCUT2D eigenvalue weighted by atomic mass is 10.0. The number of imidazole rings is 1. The van der Waals surface area contributed by atoms with Crippen molar-refractivity contribution in [1.82, 2.24) is 31.2 Å². The fraction of sp³-hybridized carbons (Fsp3) is 0.784. The normalized spacial score (nSPS) is 11.8. The number of carbonyl (C=O) groups excluding carboxylic acids is 5. The van der Waals surface area contributed by atoms with Gasteiger partial charge in [-0.3, -0.25) is 38.9 Å². The third-order valence-corrected chi connectivity index (χ3v) is 11.2. The van der Waals surface area contributed by atoms with E-state index in [4.69, 9.17) is 24.1 Å². The number of aromatic nitrogens is 2. The van der Waals surface area contributed by atoms with Crippen LogP contribution in [-0.2, 0) is 63.7 Å². The summed E-state index contributed by atoms with van der Waals surface area (Å²) in [4.78, 5) is 99.4. The molecule has 21 nitrogen and oxygen atoms in total. The Hall–Kier alpha value is -4.83. The molecule has 72 heavy (non-hydrogen) atoms. The summed E-state index contributed by atoms with van der Waals surface area (Å²) in [5.74, 6) is -4.06. The van der Waals surface area contributed by atoms with Gasteiger partial charge in [-0.1, -0.05) is 90.9 Å². The Bertz CT molecular complexity index is 1580. The van der Waals surface area contributed by atoms with Crippen molar-refractivity contribution in [3.05, 3.63) is 18.2 Å². The SMILES string of the molecule is CCCC(=O)N[C@@H](CCC(=O)CCCOCCOCC(=O)NCCOCCOCC(=O)NCCCC[C@H](NCC(=O)CCc1cnc[nH]1)C(=O)O)C(=O)O.CCCCCCCCCCCCCCCC(=O)O. The number of ketones is 2. The van der Waals surface area contributed by atoms with Crippen LogP contribution in [-0.4, -0.2) is 157 Å². The zero-order chi connectivity index (χ0) is 53.3. The second-order valence-electron chi connectivity index (χ2n) is 17.7. The number of rotatable bonds is 50. The number of aromatic amines is 1. The minimum atomic E-state index is -1.17. The number of hydrogen-bond donors (Lipinski definition) is 8. The molecule has 0 saturated carbocycles. The summed E-state index contributed by atoms with van der Waals surface area (Å²) in [6.45, 7) is 5.68. The van der Waals surface area contributed by atoms with Crippen LogP contribution < -0.4 is 21.3 Å². The zero-order valence-electron chi connectivity index (χ0n) is 43.5. The smallest absolute Gasteiger partial charge is 0.326 e. The fourth-order valence-corrected chi connectivity index (χ4v) is 7.02. The summed E-state index contributed by atoms with van der Waals surface area (Å²) in [5.41, 5.74) is 0.839. The first-order valence-corrected chi connectivity index (χ1v) is 26.3. The first kappa shape index (κ1) is 67.2. The Kier molecular flexibility index (Phi) is 45.2. The molecule has 2 atom stereocenters. The average Bonchev–Trinajstić information content (AvgIpc) is 3.87. The molecular weight excluding hydrogens is 937 g/mol. The van der Waals surface area contributed by atoms with E-state index >= 15 is 0 Å². The summed E-state index contributed by atoms with van der Waals surface area (Å²) in [7, 11) is 0. The van der Waals surface area contributed by atoms with Gasteiger partial charge in [0.1, 0.15) is 36.9 Å². The predicted octanol–water partition coefficient (Wildman–Crippen LogP) is 5.47. The molecule has 0 aliphatic rings. The number of aliphatic carboxylic acids is 3. The number of unbranched alkanes of at least 4 members (excludes halogenated alkanes) is 13. The molecule has 1 rings (SSSR count). The van der Waals surface area contributed by atoms with Gasteiger partial charge in [-0.25, -0.2) is 9.78 Å². The number of Topliss-reactive ketones (excluding diaryl/α,β-unsaturated/α-hetero) is 2. The lowest BCUT2D eigenvalue weighted by Gasteiger charge is -2.14. The number of carboxylic acids is 3. The van der Waals surface area contributed by atoms with Crippen molar-refractivity contribution in [2.45, 2.75) is 186 Å². The monoisotopic (exact) mass is 1030 g/mol. The lowest BCUT2D eigenvalue weighted by molar-refractivity contribution is -0.142. The maximum atomic E-state index is 12.1. The number of hydrogen-bond acceptors (Lipinski definition) is 14. The van der Waals surface area contributed by atoms with E-state index < -0.39 is 30.0 Å². The average molecular weight is 1030 g/mol. The van der Waals surface area contributed by atoms with Gasteiger partial charge in [0.05, 0.1) is 45.9 Å².